The predicted octanol–water partition coefficient (Wildman–Crippen LogP) is 4.15. The SMILES string of the molecule is COc1cc2[nH]ncc2cc1Nc1ncnc2sc3c(c12)CCC(C(=O)N(C)CC(F)F)C3. The second kappa shape index (κ2) is 8.54. The molecule has 0 spiro atoms. The molecule has 5 rings (SSSR count). The summed E-state index contributed by atoms with van der Waals surface area (Å²) in [6, 6.07) is 3.82. The molecular weight excluding hydrogens is 450 g/mol. The first kappa shape index (κ1) is 21.5. The number of nitrogens with zero attached hydrogens (tertiary/aromatic N) is 4. The number of amides is 1. The molecule has 172 valence electrons. The molecule has 0 aliphatic heterocycles. The number of carbonyl (C=O) groups excluding carboxylic acids is 1. The van der Waals surface area contributed by atoms with Crippen LogP contribution in [0.15, 0.2) is 24.7 Å². The van der Waals surface area contributed by atoms with Crippen molar-refractivity contribution < 1.29 is 18.3 Å². The third-order valence-corrected chi connectivity index (χ3v) is 7.16. The average molecular weight is 473 g/mol. The van der Waals surface area contributed by atoms with E-state index in [9.17, 15) is 13.6 Å². The molecule has 1 amide bonds. The summed E-state index contributed by atoms with van der Waals surface area (Å²) in [5.74, 6) is 0.775. The Balaban J connectivity index is 1.47. The number of halogens is 2. The number of aromatic amines is 1. The third-order valence-electron chi connectivity index (χ3n) is 6.00. The van der Waals surface area contributed by atoms with Crippen LogP contribution in [0.25, 0.3) is 21.1 Å². The van der Waals surface area contributed by atoms with Crippen LogP contribution < -0.4 is 10.1 Å². The zero-order valence-corrected chi connectivity index (χ0v) is 18.9. The molecule has 1 unspecified atom stereocenters. The molecule has 3 aromatic heterocycles. The second-order valence-corrected chi connectivity index (χ2v) is 9.17. The number of rotatable bonds is 6. The number of nitrogens with one attached hydrogen (secondary N) is 2. The van der Waals surface area contributed by atoms with Crippen molar-refractivity contribution in [2.75, 3.05) is 26.0 Å². The van der Waals surface area contributed by atoms with Crippen LogP contribution in [0.4, 0.5) is 20.3 Å². The minimum absolute atomic E-state index is 0.235. The van der Waals surface area contributed by atoms with E-state index in [4.69, 9.17) is 4.74 Å². The summed E-state index contributed by atoms with van der Waals surface area (Å²) in [6.45, 7) is -0.545. The smallest absolute Gasteiger partial charge is 0.255 e. The highest BCUT2D eigenvalue weighted by atomic mass is 32.1. The van der Waals surface area contributed by atoms with Crippen LogP contribution in [-0.4, -0.2) is 58.1 Å². The Morgan fingerprint density at radius 3 is 3.03 bits per heavy atom. The lowest BCUT2D eigenvalue weighted by Gasteiger charge is -2.26. The quantitative estimate of drug-likeness (QED) is 0.438. The first-order chi connectivity index (χ1) is 15.9. The van der Waals surface area contributed by atoms with Gasteiger partial charge >= 0.3 is 0 Å². The maximum atomic E-state index is 12.7. The van der Waals surface area contributed by atoms with Crippen LogP contribution in [-0.2, 0) is 17.6 Å². The molecule has 1 aromatic carbocycles. The Hall–Kier alpha value is -3.34. The van der Waals surface area contributed by atoms with Crippen LogP contribution in [0, 0.1) is 5.92 Å². The van der Waals surface area contributed by atoms with Crippen LogP contribution in [0.2, 0.25) is 0 Å². The van der Waals surface area contributed by atoms with Gasteiger partial charge in [0.25, 0.3) is 6.43 Å². The van der Waals surface area contributed by atoms with Gasteiger partial charge in [-0.3, -0.25) is 9.89 Å². The van der Waals surface area contributed by atoms with E-state index in [0.29, 0.717) is 30.8 Å². The van der Waals surface area contributed by atoms with Gasteiger partial charge in [0.1, 0.15) is 22.7 Å². The normalized spacial score (nSPS) is 15.7. The van der Waals surface area contributed by atoms with Gasteiger partial charge in [-0.25, -0.2) is 18.7 Å². The van der Waals surface area contributed by atoms with E-state index in [1.165, 1.54) is 24.7 Å². The number of aromatic nitrogens is 4. The summed E-state index contributed by atoms with van der Waals surface area (Å²) in [4.78, 5) is 24.6. The summed E-state index contributed by atoms with van der Waals surface area (Å²) < 4.78 is 31.0. The lowest BCUT2D eigenvalue weighted by molar-refractivity contribution is -0.136. The molecule has 3 heterocycles. The number of aryl methyl sites for hydroxylation is 1. The molecular formula is C22H22F2N6O2S. The van der Waals surface area contributed by atoms with E-state index in [1.54, 1.807) is 13.3 Å². The number of carbonyl (C=O) groups is 1. The van der Waals surface area contributed by atoms with E-state index < -0.39 is 13.0 Å². The second-order valence-electron chi connectivity index (χ2n) is 8.09. The number of hydrogen-bond donors (Lipinski definition) is 2. The highest BCUT2D eigenvalue weighted by molar-refractivity contribution is 7.19. The summed E-state index contributed by atoms with van der Waals surface area (Å²) in [7, 11) is 3.04. The van der Waals surface area contributed by atoms with Crippen molar-refractivity contribution in [1.82, 2.24) is 25.1 Å². The Labute approximate surface area is 192 Å². The monoisotopic (exact) mass is 472 g/mol. The van der Waals surface area contributed by atoms with Crippen molar-refractivity contribution in [3.63, 3.8) is 0 Å². The highest BCUT2D eigenvalue weighted by Crippen LogP contribution is 2.41. The van der Waals surface area contributed by atoms with Gasteiger partial charge < -0.3 is 15.0 Å². The molecule has 0 bridgehead atoms. The summed E-state index contributed by atoms with van der Waals surface area (Å²) >= 11 is 1.53. The van der Waals surface area contributed by atoms with Crippen molar-refractivity contribution in [1.29, 1.82) is 0 Å². The summed E-state index contributed by atoms with van der Waals surface area (Å²) in [6.07, 6.45) is 2.49. The fourth-order valence-corrected chi connectivity index (χ4v) is 5.66. The van der Waals surface area contributed by atoms with Crippen LogP contribution in [0.3, 0.4) is 0 Å². The van der Waals surface area contributed by atoms with Gasteiger partial charge in [-0.15, -0.1) is 11.3 Å². The Morgan fingerprint density at radius 1 is 1.39 bits per heavy atom. The molecule has 0 saturated heterocycles. The van der Waals surface area contributed by atoms with Crippen molar-refractivity contribution in [2.24, 2.45) is 5.92 Å². The van der Waals surface area contributed by atoms with Gasteiger partial charge in [0.2, 0.25) is 5.91 Å². The Kier molecular flexibility index (Phi) is 5.57. The van der Waals surface area contributed by atoms with Gasteiger partial charge in [-0.05, 0) is 30.9 Å². The minimum Gasteiger partial charge on any atom is -0.494 e. The van der Waals surface area contributed by atoms with Gasteiger partial charge in [-0.2, -0.15) is 5.10 Å². The molecule has 1 atom stereocenters. The number of H-pyrrole nitrogens is 1. The molecule has 33 heavy (non-hydrogen) atoms. The first-order valence-corrected chi connectivity index (χ1v) is 11.3. The minimum atomic E-state index is -2.54. The maximum absolute atomic E-state index is 12.7. The number of thiophene rings is 1. The van der Waals surface area contributed by atoms with Gasteiger partial charge in [0.15, 0.2) is 0 Å². The molecule has 0 fully saturated rings. The topological polar surface area (TPSA) is 96.0 Å². The Morgan fingerprint density at radius 2 is 2.24 bits per heavy atom. The molecule has 8 nitrogen and oxygen atoms in total. The predicted molar refractivity (Wildman–Crippen MR) is 122 cm³/mol. The summed E-state index contributed by atoms with van der Waals surface area (Å²) in [5.41, 5.74) is 2.73. The molecule has 4 aromatic rings. The number of ether oxygens (including phenoxy) is 1. The van der Waals surface area contributed by atoms with E-state index in [1.807, 2.05) is 12.1 Å². The molecule has 0 radical (unpaired) electrons. The Bertz CT molecular complexity index is 1340. The number of anilines is 2. The molecule has 1 aliphatic rings. The van der Waals surface area contributed by atoms with E-state index in [2.05, 4.69) is 25.5 Å². The molecule has 2 N–H and O–H groups in total. The zero-order valence-electron chi connectivity index (χ0n) is 18.1. The lowest BCUT2D eigenvalue weighted by Crippen LogP contribution is -2.38. The van der Waals surface area contributed by atoms with E-state index in [-0.39, 0.29) is 11.8 Å². The maximum Gasteiger partial charge on any atom is 0.255 e. The van der Waals surface area contributed by atoms with E-state index in [0.717, 1.165) is 42.1 Å². The largest absolute Gasteiger partial charge is 0.494 e. The number of hydrogen-bond acceptors (Lipinski definition) is 7. The zero-order chi connectivity index (χ0) is 23.1. The van der Waals surface area contributed by atoms with Crippen LogP contribution in [0.5, 0.6) is 5.75 Å². The van der Waals surface area contributed by atoms with Crippen LogP contribution >= 0.6 is 11.3 Å². The summed E-state index contributed by atoms with van der Waals surface area (Å²) in [5, 5.41) is 12.3. The van der Waals surface area contributed by atoms with E-state index >= 15 is 0 Å². The van der Waals surface area contributed by atoms with Gasteiger partial charge in [-0.1, -0.05) is 0 Å². The van der Waals surface area contributed by atoms with Crippen molar-refractivity contribution in [3.8, 4) is 5.75 Å². The first-order valence-electron chi connectivity index (χ1n) is 10.5. The van der Waals surface area contributed by atoms with Gasteiger partial charge in [0, 0.05) is 29.3 Å². The van der Waals surface area contributed by atoms with Crippen molar-refractivity contribution in [3.05, 3.63) is 35.1 Å². The van der Waals surface area contributed by atoms with Gasteiger partial charge in [0.05, 0.1) is 36.4 Å². The third kappa shape index (κ3) is 3.97. The van der Waals surface area contributed by atoms with Crippen LogP contribution in [0.1, 0.15) is 16.9 Å². The number of benzene rings is 1. The standard InChI is InChI=1S/C22H22F2N6O2S/c1-30(9-18(23)24)22(31)11-3-4-13-17(6-11)33-21-19(13)20(25-10-26-21)28-15-5-12-8-27-29-14(12)7-16(15)32-2/h5,7-8,10-11,18H,3-4,6,9H2,1-2H3,(H,27,29)(H,25,26,28). The van der Waals surface area contributed by atoms with Crippen molar-refractivity contribution >= 4 is 49.9 Å². The molecule has 0 saturated carbocycles. The molecule has 11 heteroatoms. The number of methoxy groups -OCH3 is 1. The number of alkyl halides is 2. The highest BCUT2D eigenvalue weighted by Gasteiger charge is 2.31. The van der Waals surface area contributed by atoms with Crippen molar-refractivity contribution in [2.45, 2.75) is 25.7 Å². The number of fused-ring (bicyclic) bond motifs is 4. The fraction of sp³-hybridized carbons (Fsp3) is 0.364. The lowest BCUT2D eigenvalue weighted by atomic mass is 9.87. The molecule has 1 aliphatic carbocycles. The average Bonchev–Trinajstić information content (AvgIpc) is 3.41. The fourth-order valence-electron chi connectivity index (χ4n) is 4.39.